The van der Waals surface area contributed by atoms with Crippen molar-refractivity contribution >= 4 is 11.7 Å². The van der Waals surface area contributed by atoms with Gasteiger partial charge < -0.3 is 20.1 Å². The highest BCUT2D eigenvalue weighted by Gasteiger charge is 2.28. The lowest BCUT2D eigenvalue weighted by molar-refractivity contribution is -0.385. The van der Waals surface area contributed by atoms with Gasteiger partial charge in [0.15, 0.2) is 0 Å². The molecule has 0 aliphatic heterocycles. The van der Waals surface area contributed by atoms with Gasteiger partial charge in [-0.2, -0.15) is 0 Å². The standard InChI is InChI=1S/C12H15NO7/c1-2-3-10(15)11(12(16)17)20-9-5-7(13(18)19)4-8(14)6-9/h4-6,10-11,14-15H,2-3H2,1H3,(H,16,17)/t10-,11-/m1/s1. The Morgan fingerprint density at radius 3 is 2.60 bits per heavy atom. The van der Waals surface area contributed by atoms with E-state index in [4.69, 9.17) is 9.84 Å². The minimum atomic E-state index is -1.56. The van der Waals surface area contributed by atoms with Crippen molar-refractivity contribution in [3.05, 3.63) is 28.3 Å². The maximum Gasteiger partial charge on any atom is 0.347 e. The minimum Gasteiger partial charge on any atom is -0.508 e. The van der Waals surface area contributed by atoms with Crippen LogP contribution in [0.15, 0.2) is 18.2 Å². The van der Waals surface area contributed by atoms with Gasteiger partial charge in [-0.1, -0.05) is 13.3 Å². The molecule has 0 saturated carbocycles. The second kappa shape index (κ2) is 6.71. The monoisotopic (exact) mass is 285 g/mol. The number of rotatable bonds is 7. The molecular formula is C12H15NO7. The Morgan fingerprint density at radius 2 is 2.10 bits per heavy atom. The van der Waals surface area contributed by atoms with E-state index in [2.05, 4.69) is 0 Å². The number of nitrogens with zero attached hydrogens (tertiary/aromatic N) is 1. The van der Waals surface area contributed by atoms with Crippen LogP contribution in [0.1, 0.15) is 19.8 Å². The van der Waals surface area contributed by atoms with Crippen LogP contribution in [-0.4, -0.2) is 38.4 Å². The van der Waals surface area contributed by atoms with E-state index in [1.54, 1.807) is 6.92 Å². The molecule has 0 radical (unpaired) electrons. The first-order valence-electron chi connectivity index (χ1n) is 5.91. The number of hydrogen-bond donors (Lipinski definition) is 3. The third kappa shape index (κ3) is 4.09. The van der Waals surface area contributed by atoms with E-state index in [0.29, 0.717) is 6.42 Å². The van der Waals surface area contributed by atoms with Gasteiger partial charge in [0, 0.05) is 6.07 Å². The number of hydrogen-bond acceptors (Lipinski definition) is 6. The molecule has 0 unspecified atom stereocenters. The van der Waals surface area contributed by atoms with Crippen molar-refractivity contribution in [2.75, 3.05) is 0 Å². The van der Waals surface area contributed by atoms with E-state index in [9.17, 15) is 25.1 Å². The molecule has 8 heteroatoms. The fraction of sp³-hybridized carbons (Fsp3) is 0.417. The van der Waals surface area contributed by atoms with E-state index in [1.807, 2.05) is 0 Å². The lowest BCUT2D eigenvalue weighted by Crippen LogP contribution is -2.39. The molecule has 0 fully saturated rings. The Morgan fingerprint density at radius 1 is 1.45 bits per heavy atom. The van der Waals surface area contributed by atoms with Gasteiger partial charge in [0.25, 0.3) is 5.69 Å². The van der Waals surface area contributed by atoms with Crippen molar-refractivity contribution in [3.8, 4) is 11.5 Å². The number of aliphatic hydroxyl groups excluding tert-OH is 1. The van der Waals surface area contributed by atoms with E-state index >= 15 is 0 Å². The van der Waals surface area contributed by atoms with Gasteiger partial charge in [0.05, 0.1) is 17.1 Å². The summed E-state index contributed by atoms with van der Waals surface area (Å²) in [4.78, 5) is 20.9. The molecule has 1 aromatic rings. The van der Waals surface area contributed by atoms with Gasteiger partial charge in [-0.15, -0.1) is 0 Å². The minimum absolute atomic E-state index is 0.195. The summed E-state index contributed by atoms with van der Waals surface area (Å²) in [5.41, 5.74) is -0.436. The topological polar surface area (TPSA) is 130 Å². The van der Waals surface area contributed by atoms with Gasteiger partial charge in [0.1, 0.15) is 17.6 Å². The molecule has 110 valence electrons. The van der Waals surface area contributed by atoms with Gasteiger partial charge >= 0.3 is 5.97 Å². The maximum absolute atomic E-state index is 11.0. The summed E-state index contributed by atoms with van der Waals surface area (Å²) in [6.45, 7) is 1.77. The number of aromatic hydroxyl groups is 1. The zero-order chi connectivity index (χ0) is 15.3. The average molecular weight is 285 g/mol. The van der Waals surface area contributed by atoms with Crippen LogP contribution in [0.2, 0.25) is 0 Å². The first-order valence-corrected chi connectivity index (χ1v) is 5.91. The zero-order valence-corrected chi connectivity index (χ0v) is 10.7. The number of nitro benzene ring substituents is 1. The van der Waals surface area contributed by atoms with Gasteiger partial charge in [-0.25, -0.2) is 4.79 Å². The van der Waals surface area contributed by atoms with Crippen molar-refractivity contribution in [1.29, 1.82) is 0 Å². The van der Waals surface area contributed by atoms with Crippen molar-refractivity contribution < 1.29 is 29.8 Å². The summed E-state index contributed by atoms with van der Waals surface area (Å²) < 4.78 is 5.05. The summed E-state index contributed by atoms with van der Waals surface area (Å²) in [7, 11) is 0. The Labute approximate surface area is 114 Å². The molecule has 1 rings (SSSR count). The summed E-state index contributed by atoms with van der Waals surface area (Å²) in [5, 5.41) is 38.7. The van der Waals surface area contributed by atoms with Crippen LogP contribution in [0.3, 0.4) is 0 Å². The largest absolute Gasteiger partial charge is 0.508 e. The van der Waals surface area contributed by atoms with E-state index in [-0.39, 0.29) is 12.2 Å². The zero-order valence-electron chi connectivity index (χ0n) is 10.7. The van der Waals surface area contributed by atoms with Crippen molar-refractivity contribution in [1.82, 2.24) is 0 Å². The molecule has 0 aromatic heterocycles. The van der Waals surface area contributed by atoms with E-state index < -0.39 is 34.5 Å². The number of carbonyl (C=O) groups is 1. The van der Waals surface area contributed by atoms with Crippen LogP contribution in [0.25, 0.3) is 0 Å². The number of carboxylic acids is 1. The van der Waals surface area contributed by atoms with Crippen molar-refractivity contribution in [2.24, 2.45) is 0 Å². The number of aliphatic carboxylic acids is 1. The van der Waals surface area contributed by atoms with E-state index in [1.165, 1.54) is 0 Å². The summed E-state index contributed by atoms with van der Waals surface area (Å²) in [6, 6.07) is 2.93. The number of non-ortho nitro benzene ring substituents is 1. The molecule has 8 nitrogen and oxygen atoms in total. The molecule has 3 N–H and O–H groups in total. The van der Waals surface area contributed by atoms with Gasteiger partial charge in [-0.05, 0) is 6.42 Å². The summed E-state index contributed by atoms with van der Waals surface area (Å²) in [6.07, 6.45) is -2.05. The summed E-state index contributed by atoms with van der Waals surface area (Å²) >= 11 is 0. The number of ether oxygens (including phenoxy) is 1. The molecule has 0 bridgehead atoms. The third-order valence-electron chi connectivity index (χ3n) is 2.53. The first-order chi connectivity index (χ1) is 9.35. The van der Waals surface area contributed by atoms with E-state index in [0.717, 1.165) is 18.2 Å². The SMILES string of the molecule is CCC[C@@H](O)[C@@H](Oc1cc(O)cc([N+](=O)[O-])c1)C(=O)O. The quantitative estimate of drug-likeness (QED) is 0.508. The number of benzene rings is 1. The molecule has 2 atom stereocenters. The molecule has 0 saturated heterocycles. The van der Waals surface area contributed by atoms with Crippen LogP contribution < -0.4 is 4.74 Å². The van der Waals surface area contributed by atoms with Crippen LogP contribution in [-0.2, 0) is 4.79 Å². The fourth-order valence-electron chi connectivity index (χ4n) is 1.63. The highest BCUT2D eigenvalue weighted by molar-refractivity contribution is 5.73. The molecule has 20 heavy (non-hydrogen) atoms. The smallest absolute Gasteiger partial charge is 0.347 e. The molecule has 0 amide bonds. The van der Waals surface area contributed by atoms with Gasteiger partial charge in [-0.3, -0.25) is 10.1 Å². The molecule has 0 spiro atoms. The second-order valence-corrected chi connectivity index (χ2v) is 4.17. The lowest BCUT2D eigenvalue weighted by atomic mass is 10.1. The number of phenols is 1. The number of nitro groups is 1. The third-order valence-corrected chi connectivity index (χ3v) is 2.53. The highest BCUT2D eigenvalue weighted by atomic mass is 16.6. The van der Waals surface area contributed by atoms with Crippen LogP contribution in [0.5, 0.6) is 11.5 Å². The van der Waals surface area contributed by atoms with Crippen LogP contribution >= 0.6 is 0 Å². The second-order valence-electron chi connectivity index (χ2n) is 4.17. The van der Waals surface area contributed by atoms with Crippen molar-refractivity contribution in [2.45, 2.75) is 32.0 Å². The average Bonchev–Trinajstić information content (AvgIpc) is 2.35. The summed E-state index contributed by atoms with van der Waals surface area (Å²) in [5.74, 6) is -2.01. The molecule has 1 aromatic carbocycles. The Bertz CT molecular complexity index is 503. The number of phenolic OH excluding ortho intramolecular Hbond substituents is 1. The predicted molar refractivity (Wildman–Crippen MR) is 67.7 cm³/mol. The molecule has 0 aliphatic carbocycles. The Balaban J connectivity index is 2.99. The highest BCUT2D eigenvalue weighted by Crippen LogP contribution is 2.28. The van der Waals surface area contributed by atoms with Gasteiger partial charge in [0.2, 0.25) is 6.10 Å². The molecule has 0 aliphatic rings. The maximum atomic E-state index is 11.0. The van der Waals surface area contributed by atoms with Crippen LogP contribution in [0.4, 0.5) is 5.69 Å². The fourth-order valence-corrected chi connectivity index (χ4v) is 1.63. The normalized spacial score (nSPS) is 13.5. The number of carboxylic acid groups (broad SMARTS) is 1. The molecular weight excluding hydrogens is 270 g/mol. The Hall–Kier alpha value is -2.35. The molecule has 0 heterocycles. The predicted octanol–water partition coefficient (Wildman–Crippen LogP) is 1.29. The lowest BCUT2D eigenvalue weighted by Gasteiger charge is -2.20. The first kappa shape index (κ1) is 15.7. The number of aliphatic hydroxyl groups is 1. The van der Waals surface area contributed by atoms with Crippen LogP contribution in [0, 0.1) is 10.1 Å². The van der Waals surface area contributed by atoms with Crippen molar-refractivity contribution in [3.63, 3.8) is 0 Å². The Kier molecular flexibility index (Phi) is 5.27.